The first-order valence-corrected chi connectivity index (χ1v) is 7.10. The summed E-state index contributed by atoms with van der Waals surface area (Å²) in [5.41, 5.74) is 0. The highest BCUT2D eigenvalue weighted by molar-refractivity contribution is 5.92. The van der Waals surface area contributed by atoms with E-state index in [1.54, 1.807) is 6.92 Å². The Balaban J connectivity index is 2.73. The van der Waals surface area contributed by atoms with Gasteiger partial charge in [-0.15, -0.1) is 0 Å². The second-order valence-electron chi connectivity index (χ2n) is 4.77. The van der Waals surface area contributed by atoms with Gasteiger partial charge in [-0.3, -0.25) is 9.59 Å². The molecule has 0 saturated heterocycles. The number of hydrogen-bond donors (Lipinski definition) is 1. The van der Waals surface area contributed by atoms with E-state index < -0.39 is 17.8 Å². The van der Waals surface area contributed by atoms with E-state index in [4.69, 9.17) is 19.1 Å². The summed E-state index contributed by atoms with van der Waals surface area (Å²) in [5.74, 6) is -1.84. The number of amides is 1. The summed E-state index contributed by atoms with van der Waals surface area (Å²) < 4.78 is 15.0. The van der Waals surface area contributed by atoms with E-state index in [-0.39, 0.29) is 18.2 Å². The lowest BCUT2D eigenvalue weighted by Gasteiger charge is -2.23. The molecule has 0 aromatic carbocycles. The monoisotopic (exact) mass is 314 g/mol. The van der Waals surface area contributed by atoms with Gasteiger partial charge in [-0.1, -0.05) is 6.92 Å². The van der Waals surface area contributed by atoms with Crippen LogP contribution in [0.2, 0.25) is 0 Å². The molecule has 1 unspecified atom stereocenters. The predicted octanol–water partition coefficient (Wildman–Crippen LogP) is 1.27. The standard InChI is InChI=1S/C14H22N2O6/c1-4-21-7-5-6-16(9-10(2)14(18)19)13(17)11-8-12(20-3)15-22-11/h8,10H,4-7,9H2,1-3H3,(H,18,19). The van der Waals surface area contributed by atoms with Gasteiger partial charge in [-0.05, 0) is 18.5 Å². The predicted molar refractivity (Wildman–Crippen MR) is 76.9 cm³/mol. The second-order valence-corrected chi connectivity index (χ2v) is 4.77. The zero-order valence-corrected chi connectivity index (χ0v) is 13.1. The Morgan fingerprint density at radius 3 is 2.77 bits per heavy atom. The van der Waals surface area contributed by atoms with Crippen LogP contribution < -0.4 is 4.74 Å². The summed E-state index contributed by atoms with van der Waals surface area (Å²) in [5, 5.41) is 12.6. The van der Waals surface area contributed by atoms with Crippen molar-refractivity contribution < 1.29 is 28.7 Å². The van der Waals surface area contributed by atoms with E-state index in [2.05, 4.69) is 5.16 Å². The van der Waals surface area contributed by atoms with Crippen molar-refractivity contribution in [2.24, 2.45) is 5.92 Å². The molecule has 0 saturated carbocycles. The molecule has 0 aliphatic rings. The third-order valence-corrected chi connectivity index (χ3v) is 3.03. The number of carbonyl (C=O) groups excluding carboxylic acids is 1. The quantitative estimate of drug-likeness (QED) is 0.649. The molecule has 0 fully saturated rings. The van der Waals surface area contributed by atoms with Gasteiger partial charge in [-0.25, -0.2) is 0 Å². The first-order valence-electron chi connectivity index (χ1n) is 7.10. The summed E-state index contributed by atoms with van der Waals surface area (Å²) in [4.78, 5) is 24.8. The van der Waals surface area contributed by atoms with Crippen molar-refractivity contribution in [1.29, 1.82) is 0 Å². The fourth-order valence-electron chi connectivity index (χ4n) is 1.80. The molecule has 1 aromatic heterocycles. The zero-order valence-electron chi connectivity index (χ0n) is 13.1. The Labute approximate surface area is 129 Å². The molecule has 1 aromatic rings. The highest BCUT2D eigenvalue weighted by Crippen LogP contribution is 2.14. The third-order valence-electron chi connectivity index (χ3n) is 3.03. The Kier molecular flexibility index (Phi) is 7.38. The van der Waals surface area contributed by atoms with Crippen LogP contribution in [0.1, 0.15) is 30.8 Å². The summed E-state index contributed by atoms with van der Waals surface area (Å²) in [7, 11) is 1.42. The fourth-order valence-corrected chi connectivity index (χ4v) is 1.80. The zero-order chi connectivity index (χ0) is 16.5. The molecule has 0 aliphatic carbocycles. The van der Waals surface area contributed by atoms with Crippen molar-refractivity contribution in [1.82, 2.24) is 10.1 Å². The highest BCUT2D eigenvalue weighted by atomic mass is 16.5. The minimum absolute atomic E-state index is 0.0193. The molecule has 8 heteroatoms. The van der Waals surface area contributed by atoms with Crippen molar-refractivity contribution in [3.63, 3.8) is 0 Å². The first-order chi connectivity index (χ1) is 10.5. The molecule has 1 rings (SSSR count). The van der Waals surface area contributed by atoms with Gasteiger partial charge in [0.15, 0.2) is 0 Å². The van der Waals surface area contributed by atoms with E-state index in [1.165, 1.54) is 18.1 Å². The smallest absolute Gasteiger partial charge is 0.308 e. The molecule has 0 spiro atoms. The fraction of sp³-hybridized carbons (Fsp3) is 0.643. The molecule has 0 bridgehead atoms. The molecular formula is C14H22N2O6. The van der Waals surface area contributed by atoms with Gasteiger partial charge >= 0.3 is 5.97 Å². The number of ether oxygens (including phenoxy) is 2. The van der Waals surface area contributed by atoms with Crippen LogP contribution in [0, 0.1) is 5.92 Å². The molecule has 22 heavy (non-hydrogen) atoms. The lowest BCUT2D eigenvalue weighted by molar-refractivity contribution is -0.141. The Morgan fingerprint density at radius 2 is 2.23 bits per heavy atom. The van der Waals surface area contributed by atoms with Crippen LogP contribution in [0.3, 0.4) is 0 Å². The third kappa shape index (κ3) is 5.36. The van der Waals surface area contributed by atoms with E-state index >= 15 is 0 Å². The minimum Gasteiger partial charge on any atom is -0.481 e. The van der Waals surface area contributed by atoms with Gasteiger partial charge in [0.25, 0.3) is 11.8 Å². The highest BCUT2D eigenvalue weighted by Gasteiger charge is 2.24. The maximum Gasteiger partial charge on any atom is 0.308 e. The topological polar surface area (TPSA) is 102 Å². The molecule has 0 radical (unpaired) electrons. The minimum atomic E-state index is -0.960. The number of carboxylic acids is 1. The summed E-state index contributed by atoms with van der Waals surface area (Å²) in [6.07, 6.45) is 0.608. The summed E-state index contributed by atoms with van der Waals surface area (Å²) in [6.45, 7) is 4.99. The number of carboxylic acid groups (broad SMARTS) is 1. The Bertz CT molecular complexity index is 487. The van der Waals surface area contributed by atoms with Crippen LogP contribution >= 0.6 is 0 Å². The number of aliphatic carboxylic acids is 1. The number of rotatable bonds is 10. The van der Waals surface area contributed by atoms with Crippen LogP contribution in [0.4, 0.5) is 0 Å². The van der Waals surface area contributed by atoms with Crippen LogP contribution in [-0.4, -0.2) is 60.5 Å². The largest absolute Gasteiger partial charge is 0.481 e. The van der Waals surface area contributed by atoms with Gasteiger partial charge in [0.1, 0.15) is 0 Å². The van der Waals surface area contributed by atoms with Crippen LogP contribution in [0.25, 0.3) is 0 Å². The van der Waals surface area contributed by atoms with E-state index in [9.17, 15) is 9.59 Å². The van der Waals surface area contributed by atoms with Gasteiger partial charge in [0.2, 0.25) is 5.76 Å². The van der Waals surface area contributed by atoms with Crippen molar-refractivity contribution in [3.8, 4) is 5.88 Å². The summed E-state index contributed by atoms with van der Waals surface area (Å²) in [6, 6.07) is 1.38. The molecular weight excluding hydrogens is 292 g/mol. The molecule has 1 amide bonds. The lowest BCUT2D eigenvalue weighted by Crippen LogP contribution is -2.37. The summed E-state index contributed by atoms with van der Waals surface area (Å²) >= 11 is 0. The maximum absolute atomic E-state index is 12.4. The molecule has 1 heterocycles. The maximum atomic E-state index is 12.4. The van der Waals surface area contributed by atoms with Gasteiger partial charge in [-0.2, -0.15) is 0 Å². The normalized spacial score (nSPS) is 12.0. The van der Waals surface area contributed by atoms with Crippen LogP contribution in [-0.2, 0) is 9.53 Å². The Hall–Kier alpha value is -2.09. The van der Waals surface area contributed by atoms with Gasteiger partial charge in [0.05, 0.1) is 19.1 Å². The number of methoxy groups -OCH3 is 1. The molecule has 0 aliphatic heterocycles. The van der Waals surface area contributed by atoms with E-state index in [0.717, 1.165) is 0 Å². The van der Waals surface area contributed by atoms with Crippen molar-refractivity contribution in [2.75, 3.05) is 33.4 Å². The molecule has 124 valence electrons. The molecule has 1 N–H and O–H groups in total. The first kappa shape index (κ1) is 18.0. The van der Waals surface area contributed by atoms with Crippen molar-refractivity contribution in [2.45, 2.75) is 20.3 Å². The van der Waals surface area contributed by atoms with Gasteiger partial charge in [0, 0.05) is 26.3 Å². The average Bonchev–Trinajstić information content (AvgIpc) is 2.98. The van der Waals surface area contributed by atoms with E-state index in [0.29, 0.717) is 26.2 Å². The number of nitrogens with zero attached hydrogens (tertiary/aromatic N) is 2. The second kappa shape index (κ2) is 9.04. The van der Waals surface area contributed by atoms with Gasteiger partial charge < -0.3 is 24.0 Å². The van der Waals surface area contributed by atoms with E-state index in [1.807, 2.05) is 6.92 Å². The lowest BCUT2D eigenvalue weighted by atomic mass is 10.1. The van der Waals surface area contributed by atoms with Crippen molar-refractivity contribution in [3.05, 3.63) is 11.8 Å². The SMILES string of the molecule is CCOCCCN(CC(C)C(=O)O)C(=O)c1cc(OC)no1. The van der Waals surface area contributed by atoms with Crippen LogP contribution in [0.5, 0.6) is 5.88 Å². The van der Waals surface area contributed by atoms with Crippen LogP contribution in [0.15, 0.2) is 10.6 Å². The average molecular weight is 314 g/mol. The molecule has 1 atom stereocenters. The molecule has 8 nitrogen and oxygen atoms in total. The number of carbonyl (C=O) groups is 2. The number of hydrogen-bond acceptors (Lipinski definition) is 6. The number of aromatic nitrogens is 1. The Morgan fingerprint density at radius 1 is 1.50 bits per heavy atom. The van der Waals surface area contributed by atoms with Crippen molar-refractivity contribution >= 4 is 11.9 Å².